The van der Waals surface area contributed by atoms with Crippen LogP contribution in [0.5, 0.6) is 17.2 Å². The van der Waals surface area contributed by atoms with Crippen LogP contribution in [0.2, 0.25) is 0 Å². The highest BCUT2D eigenvalue weighted by Gasteiger charge is 2.66. The number of benzene rings is 2. The fourth-order valence-electron chi connectivity index (χ4n) is 5.35. The number of rotatable bonds is 8. The number of methoxy groups -OCH3 is 3. The van der Waals surface area contributed by atoms with Gasteiger partial charge in [0, 0.05) is 24.4 Å². The van der Waals surface area contributed by atoms with Crippen LogP contribution in [0.3, 0.4) is 0 Å². The highest BCUT2D eigenvalue weighted by atomic mass is 16.5. The Bertz CT molecular complexity index is 1110. The van der Waals surface area contributed by atoms with E-state index in [1.807, 2.05) is 35.3 Å². The molecule has 2 amide bonds. The van der Waals surface area contributed by atoms with Crippen molar-refractivity contribution in [2.45, 2.75) is 18.1 Å². The lowest BCUT2D eigenvalue weighted by atomic mass is 9.77. The largest absolute Gasteiger partial charge is 0.493 e. The van der Waals surface area contributed by atoms with Crippen molar-refractivity contribution in [1.29, 1.82) is 0 Å². The second kappa shape index (κ2) is 8.68. The number of fused-ring (bicyclic) bond motifs is 1. The first kappa shape index (κ1) is 22.3. The number of hydrogen-bond donors (Lipinski definition) is 1. The molecule has 0 aliphatic carbocycles. The summed E-state index contributed by atoms with van der Waals surface area (Å²) < 4.78 is 22.4. The van der Waals surface area contributed by atoms with Gasteiger partial charge in [-0.05, 0) is 12.0 Å². The maximum absolute atomic E-state index is 13.4. The van der Waals surface area contributed by atoms with E-state index in [4.69, 9.17) is 18.9 Å². The van der Waals surface area contributed by atoms with Gasteiger partial charge in [-0.15, -0.1) is 0 Å². The van der Waals surface area contributed by atoms with Gasteiger partial charge >= 0.3 is 0 Å². The average Bonchev–Trinajstić information content (AvgIpc) is 3.50. The second-order valence-corrected chi connectivity index (χ2v) is 8.80. The number of carbonyl (C=O) groups is 2. The summed E-state index contributed by atoms with van der Waals surface area (Å²) in [7, 11) is 4.55. The third-order valence-corrected chi connectivity index (χ3v) is 6.93. The van der Waals surface area contributed by atoms with Crippen molar-refractivity contribution in [2.75, 3.05) is 39.7 Å². The minimum atomic E-state index is -0.740. The molecule has 1 N–H and O–H groups in total. The third-order valence-electron chi connectivity index (χ3n) is 6.93. The molecule has 3 heterocycles. The average molecular weight is 465 g/mol. The molecule has 0 unspecified atom stereocenters. The van der Waals surface area contributed by atoms with Crippen molar-refractivity contribution in [3.8, 4) is 17.2 Å². The van der Waals surface area contributed by atoms with Crippen LogP contribution in [-0.2, 0) is 20.7 Å². The van der Waals surface area contributed by atoms with Gasteiger partial charge in [-0.2, -0.15) is 0 Å². The summed E-state index contributed by atoms with van der Waals surface area (Å²) in [4.78, 5) is 28.7. The summed E-state index contributed by atoms with van der Waals surface area (Å²) in [5.74, 6) is -0.156. The topological polar surface area (TPSA) is 86.3 Å². The van der Waals surface area contributed by atoms with Gasteiger partial charge in [0.1, 0.15) is 5.60 Å². The quantitative estimate of drug-likeness (QED) is 0.605. The Hall–Kier alpha value is -3.52. The number of likely N-dealkylation sites (tertiary alicyclic amines) is 1. The third kappa shape index (κ3) is 3.58. The van der Waals surface area contributed by atoms with E-state index in [0.29, 0.717) is 36.0 Å². The Morgan fingerprint density at radius 1 is 1.12 bits per heavy atom. The molecule has 0 aromatic heterocycles. The summed E-state index contributed by atoms with van der Waals surface area (Å²) in [6.07, 6.45) is 4.20. The number of nitrogens with zero attached hydrogens (tertiary/aromatic N) is 1. The number of amides is 2. The van der Waals surface area contributed by atoms with Gasteiger partial charge in [-0.25, -0.2) is 0 Å². The Balaban J connectivity index is 1.34. The lowest BCUT2D eigenvalue weighted by molar-refractivity contribution is -0.135. The molecule has 2 bridgehead atoms. The van der Waals surface area contributed by atoms with E-state index in [1.54, 1.807) is 12.1 Å². The predicted molar refractivity (Wildman–Crippen MR) is 125 cm³/mol. The van der Waals surface area contributed by atoms with Gasteiger partial charge in [0.15, 0.2) is 11.5 Å². The maximum atomic E-state index is 13.4. The maximum Gasteiger partial charge on any atom is 0.231 e. The molecule has 178 valence electrons. The Labute approximate surface area is 198 Å². The molecule has 2 aromatic rings. The molecule has 2 saturated heterocycles. The highest BCUT2D eigenvalue weighted by molar-refractivity contribution is 5.99. The molecular formula is C26H28N2O6. The molecule has 2 fully saturated rings. The van der Waals surface area contributed by atoms with Crippen molar-refractivity contribution in [3.05, 3.63) is 60.2 Å². The smallest absolute Gasteiger partial charge is 0.231 e. The molecule has 3 aliphatic heterocycles. The minimum absolute atomic E-state index is 0.0344. The summed E-state index contributed by atoms with van der Waals surface area (Å²) >= 11 is 0. The molecule has 8 heteroatoms. The van der Waals surface area contributed by atoms with Gasteiger partial charge in [0.05, 0.1) is 45.8 Å². The van der Waals surface area contributed by atoms with Gasteiger partial charge in [-0.3, -0.25) is 9.59 Å². The van der Waals surface area contributed by atoms with Crippen LogP contribution in [0.1, 0.15) is 5.56 Å². The van der Waals surface area contributed by atoms with Crippen molar-refractivity contribution >= 4 is 17.5 Å². The van der Waals surface area contributed by atoms with Gasteiger partial charge in [0.2, 0.25) is 17.6 Å². The predicted octanol–water partition coefficient (Wildman–Crippen LogP) is 2.68. The molecular weight excluding hydrogens is 436 g/mol. The number of anilines is 1. The first-order valence-electron chi connectivity index (χ1n) is 11.3. The summed E-state index contributed by atoms with van der Waals surface area (Å²) in [6, 6.07) is 13.4. The monoisotopic (exact) mass is 464 g/mol. The van der Waals surface area contributed by atoms with E-state index in [0.717, 1.165) is 6.42 Å². The highest BCUT2D eigenvalue weighted by Crippen LogP contribution is 2.52. The molecule has 8 nitrogen and oxygen atoms in total. The van der Waals surface area contributed by atoms with Gasteiger partial charge < -0.3 is 29.2 Å². The molecule has 3 aliphatic rings. The molecule has 0 saturated carbocycles. The van der Waals surface area contributed by atoms with Crippen molar-refractivity contribution in [3.63, 3.8) is 0 Å². The fraction of sp³-hybridized carbons (Fsp3) is 0.385. The zero-order valence-electron chi connectivity index (χ0n) is 19.4. The number of nitrogens with one attached hydrogen (secondary N) is 1. The van der Waals surface area contributed by atoms with Crippen LogP contribution in [-0.4, -0.2) is 62.8 Å². The number of hydrogen-bond acceptors (Lipinski definition) is 6. The molecule has 0 radical (unpaired) electrons. The normalized spacial score (nSPS) is 26.5. The zero-order chi connectivity index (χ0) is 23.9. The lowest BCUT2D eigenvalue weighted by Crippen LogP contribution is -2.41. The number of carbonyl (C=O) groups excluding carboxylic acids is 2. The van der Waals surface area contributed by atoms with Gasteiger partial charge in [0.25, 0.3) is 0 Å². The summed E-state index contributed by atoms with van der Waals surface area (Å²) in [6.45, 7) is 1.05. The first-order chi connectivity index (χ1) is 16.5. The number of ether oxygens (including phenoxy) is 4. The van der Waals surface area contributed by atoms with E-state index >= 15 is 0 Å². The van der Waals surface area contributed by atoms with Crippen LogP contribution in [0.25, 0.3) is 0 Å². The van der Waals surface area contributed by atoms with Crippen molar-refractivity contribution in [1.82, 2.24) is 4.90 Å². The summed E-state index contributed by atoms with van der Waals surface area (Å²) in [5, 5.41) is 2.93. The Morgan fingerprint density at radius 2 is 1.82 bits per heavy atom. The van der Waals surface area contributed by atoms with Crippen molar-refractivity contribution < 1.29 is 28.5 Å². The standard InChI is InChI=1S/C26H28N2O6/c1-31-19-13-17(14-20(32-2)23(19)33-3)27-24(29)21-18-9-11-26(34-18)15-28(25(30)22(21)26)12-10-16-7-5-4-6-8-16/h4-9,11,13-14,18,21-22H,10,12,15H2,1-3H3,(H,27,29)/t18-,21+,22-,26-/m1/s1. The minimum Gasteiger partial charge on any atom is -0.493 e. The van der Waals surface area contributed by atoms with Crippen LogP contribution < -0.4 is 19.5 Å². The van der Waals surface area contributed by atoms with Crippen LogP contribution in [0, 0.1) is 11.8 Å². The van der Waals surface area contributed by atoms with Crippen molar-refractivity contribution in [2.24, 2.45) is 11.8 Å². The van der Waals surface area contributed by atoms with Crippen LogP contribution >= 0.6 is 0 Å². The summed E-state index contributed by atoms with van der Waals surface area (Å²) in [5.41, 5.74) is 0.921. The van der Waals surface area contributed by atoms with Crippen LogP contribution in [0.15, 0.2) is 54.6 Å². The molecule has 4 atom stereocenters. The van der Waals surface area contributed by atoms with Crippen LogP contribution in [0.4, 0.5) is 5.69 Å². The molecule has 5 rings (SSSR count). The SMILES string of the molecule is COc1cc(NC(=O)[C@H]2[C@H]3C=C[C@]4(CN(CCc5ccccc5)C(=O)[C@@H]24)O3)cc(OC)c1OC. The fourth-order valence-corrected chi connectivity index (χ4v) is 5.35. The van der Waals surface area contributed by atoms with E-state index in [9.17, 15) is 9.59 Å². The van der Waals surface area contributed by atoms with E-state index in [-0.39, 0.29) is 11.8 Å². The lowest BCUT2D eigenvalue weighted by Gasteiger charge is -2.24. The van der Waals surface area contributed by atoms with E-state index < -0.39 is 23.5 Å². The molecule has 2 aromatic carbocycles. The van der Waals surface area contributed by atoms with E-state index in [1.165, 1.54) is 26.9 Å². The second-order valence-electron chi connectivity index (χ2n) is 8.80. The Morgan fingerprint density at radius 3 is 2.47 bits per heavy atom. The molecule has 34 heavy (non-hydrogen) atoms. The van der Waals surface area contributed by atoms with E-state index in [2.05, 4.69) is 17.4 Å². The van der Waals surface area contributed by atoms with Gasteiger partial charge in [-0.1, -0.05) is 42.5 Å². The molecule has 1 spiro atoms. The zero-order valence-corrected chi connectivity index (χ0v) is 19.4. The first-order valence-corrected chi connectivity index (χ1v) is 11.3. The Kier molecular flexibility index (Phi) is 5.69.